The van der Waals surface area contributed by atoms with Gasteiger partial charge in [0.15, 0.2) is 0 Å². The first-order chi connectivity index (χ1) is 6.28. The molecular formula is C9H14N2OS. The maximum Gasteiger partial charge on any atom is 0.231 e. The minimum Gasteiger partial charge on any atom is -0.339 e. The van der Waals surface area contributed by atoms with Crippen molar-refractivity contribution in [2.75, 3.05) is 25.4 Å². The van der Waals surface area contributed by atoms with Gasteiger partial charge in [-0.3, -0.25) is 4.79 Å². The van der Waals surface area contributed by atoms with E-state index in [1.165, 1.54) is 25.9 Å². The summed E-state index contributed by atoms with van der Waals surface area (Å²) in [5, 5.41) is 3.18. The van der Waals surface area contributed by atoms with Crippen LogP contribution >= 0.6 is 11.8 Å². The first kappa shape index (κ1) is 8.12. The SMILES string of the molecule is O=C1CS[C@]2(CN3CCC2CC3)N1. The average Bonchev–Trinajstić information content (AvgIpc) is 2.49. The number of hydrogen-bond acceptors (Lipinski definition) is 3. The molecule has 4 heterocycles. The van der Waals surface area contributed by atoms with Crippen molar-refractivity contribution in [3.8, 4) is 0 Å². The molecule has 2 bridgehead atoms. The molecule has 1 N–H and O–H groups in total. The topological polar surface area (TPSA) is 32.3 Å². The number of fused-ring (bicyclic) bond motifs is 2. The Bertz CT molecular complexity index is 250. The van der Waals surface area contributed by atoms with Crippen LogP contribution in [0.4, 0.5) is 0 Å². The molecule has 4 aliphatic rings. The zero-order valence-electron chi connectivity index (χ0n) is 7.58. The van der Waals surface area contributed by atoms with Crippen molar-refractivity contribution in [2.45, 2.75) is 17.7 Å². The molecule has 1 spiro atoms. The molecule has 4 rings (SSSR count). The van der Waals surface area contributed by atoms with Crippen LogP contribution in [0.3, 0.4) is 0 Å². The number of carbonyl (C=O) groups excluding carboxylic acids is 1. The van der Waals surface area contributed by atoms with E-state index < -0.39 is 0 Å². The minimum atomic E-state index is 0.105. The molecule has 0 saturated carbocycles. The summed E-state index contributed by atoms with van der Waals surface area (Å²) in [6, 6.07) is 0. The lowest BCUT2D eigenvalue weighted by Crippen LogP contribution is -2.62. The highest BCUT2D eigenvalue weighted by Gasteiger charge is 2.50. The number of piperidine rings is 3. The van der Waals surface area contributed by atoms with E-state index in [0.717, 1.165) is 12.5 Å². The van der Waals surface area contributed by atoms with Gasteiger partial charge in [-0.25, -0.2) is 0 Å². The predicted molar refractivity (Wildman–Crippen MR) is 52.5 cm³/mol. The van der Waals surface area contributed by atoms with E-state index >= 15 is 0 Å². The van der Waals surface area contributed by atoms with Crippen LogP contribution in [0.15, 0.2) is 0 Å². The van der Waals surface area contributed by atoms with Crippen molar-refractivity contribution in [3.05, 3.63) is 0 Å². The first-order valence-corrected chi connectivity index (χ1v) is 5.94. The maximum atomic E-state index is 11.2. The lowest BCUT2D eigenvalue weighted by Gasteiger charge is -2.50. The number of nitrogens with zero attached hydrogens (tertiary/aromatic N) is 1. The zero-order chi connectivity index (χ0) is 8.89. The van der Waals surface area contributed by atoms with E-state index in [-0.39, 0.29) is 10.8 Å². The third-order valence-corrected chi connectivity index (χ3v) is 5.00. The zero-order valence-corrected chi connectivity index (χ0v) is 8.40. The second-order valence-corrected chi connectivity index (χ2v) is 5.58. The minimum absolute atomic E-state index is 0.105. The molecule has 4 fully saturated rings. The van der Waals surface area contributed by atoms with Crippen molar-refractivity contribution < 1.29 is 4.79 Å². The molecule has 0 aromatic heterocycles. The van der Waals surface area contributed by atoms with E-state index in [9.17, 15) is 4.79 Å². The van der Waals surface area contributed by atoms with Crippen LogP contribution in [-0.2, 0) is 4.79 Å². The van der Waals surface area contributed by atoms with Gasteiger partial charge in [0.1, 0.15) is 4.87 Å². The molecule has 72 valence electrons. The predicted octanol–water partition coefficient (Wildman–Crippen LogP) is 0.271. The van der Waals surface area contributed by atoms with Gasteiger partial charge in [-0.05, 0) is 31.8 Å². The molecule has 4 saturated heterocycles. The monoisotopic (exact) mass is 198 g/mol. The third-order valence-electron chi connectivity index (χ3n) is 3.52. The molecule has 0 aromatic rings. The first-order valence-electron chi connectivity index (χ1n) is 4.96. The highest BCUT2D eigenvalue weighted by atomic mass is 32.2. The van der Waals surface area contributed by atoms with Crippen molar-refractivity contribution in [2.24, 2.45) is 5.92 Å². The Morgan fingerprint density at radius 2 is 2.23 bits per heavy atom. The molecule has 1 atom stereocenters. The molecule has 13 heavy (non-hydrogen) atoms. The van der Waals surface area contributed by atoms with Gasteiger partial charge < -0.3 is 10.2 Å². The van der Waals surface area contributed by atoms with Crippen molar-refractivity contribution in [1.29, 1.82) is 0 Å². The van der Waals surface area contributed by atoms with Crippen LogP contribution < -0.4 is 5.32 Å². The van der Waals surface area contributed by atoms with Gasteiger partial charge in [0, 0.05) is 6.54 Å². The van der Waals surface area contributed by atoms with Gasteiger partial charge >= 0.3 is 0 Å². The number of thioether (sulfide) groups is 1. The van der Waals surface area contributed by atoms with Crippen molar-refractivity contribution in [1.82, 2.24) is 10.2 Å². The van der Waals surface area contributed by atoms with Gasteiger partial charge in [0.05, 0.1) is 5.75 Å². The molecule has 0 aliphatic carbocycles. The van der Waals surface area contributed by atoms with Crippen LogP contribution in [0.2, 0.25) is 0 Å². The van der Waals surface area contributed by atoms with E-state index in [4.69, 9.17) is 0 Å². The summed E-state index contributed by atoms with van der Waals surface area (Å²) >= 11 is 1.83. The van der Waals surface area contributed by atoms with E-state index in [1.807, 2.05) is 11.8 Å². The number of rotatable bonds is 0. The molecule has 3 nitrogen and oxygen atoms in total. The van der Waals surface area contributed by atoms with Crippen LogP contribution in [0, 0.1) is 5.92 Å². The number of carbonyl (C=O) groups is 1. The second-order valence-electron chi connectivity index (χ2n) is 4.28. The highest BCUT2D eigenvalue weighted by molar-refractivity contribution is 8.01. The average molecular weight is 198 g/mol. The fraction of sp³-hybridized carbons (Fsp3) is 0.889. The number of hydrogen-bond donors (Lipinski definition) is 1. The lowest BCUT2D eigenvalue weighted by molar-refractivity contribution is -0.120. The lowest BCUT2D eigenvalue weighted by atomic mass is 9.83. The van der Waals surface area contributed by atoms with Crippen molar-refractivity contribution >= 4 is 17.7 Å². The smallest absolute Gasteiger partial charge is 0.231 e. The van der Waals surface area contributed by atoms with Crippen molar-refractivity contribution in [3.63, 3.8) is 0 Å². The summed E-state index contributed by atoms with van der Waals surface area (Å²) in [5.41, 5.74) is 0. The molecule has 0 radical (unpaired) electrons. The fourth-order valence-electron chi connectivity index (χ4n) is 2.83. The Balaban J connectivity index is 1.87. The van der Waals surface area contributed by atoms with Gasteiger partial charge in [-0.2, -0.15) is 0 Å². The summed E-state index contributed by atoms with van der Waals surface area (Å²) in [6.07, 6.45) is 2.54. The molecule has 4 aliphatic heterocycles. The Labute approximate surface area is 82.2 Å². The summed E-state index contributed by atoms with van der Waals surface area (Å²) in [7, 11) is 0. The molecule has 0 unspecified atom stereocenters. The maximum absolute atomic E-state index is 11.2. The summed E-state index contributed by atoms with van der Waals surface area (Å²) in [6.45, 7) is 3.56. The Morgan fingerprint density at radius 1 is 1.46 bits per heavy atom. The fourth-order valence-corrected chi connectivity index (χ4v) is 4.22. The largest absolute Gasteiger partial charge is 0.339 e. The normalized spacial score (nSPS) is 48.5. The van der Waals surface area contributed by atoms with E-state index in [0.29, 0.717) is 5.75 Å². The highest BCUT2D eigenvalue weighted by Crippen LogP contribution is 2.45. The van der Waals surface area contributed by atoms with Crippen LogP contribution in [0.5, 0.6) is 0 Å². The molecular weight excluding hydrogens is 184 g/mol. The number of amides is 1. The standard InChI is InChI=1S/C9H14N2OS/c12-8-5-13-9(10-8)6-11-3-1-7(9)2-4-11/h7H,1-6H2,(H,10,12)/t9-/m0/s1. The van der Waals surface area contributed by atoms with Gasteiger partial charge in [-0.15, -0.1) is 11.8 Å². The number of nitrogens with one attached hydrogen (secondary N) is 1. The van der Waals surface area contributed by atoms with Gasteiger partial charge in [0.2, 0.25) is 5.91 Å². The molecule has 4 heteroatoms. The van der Waals surface area contributed by atoms with Gasteiger partial charge in [-0.1, -0.05) is 0 Å². The van der Waals surface area contributed by atoms with E-state index in [2.05, 4.69) is 10.2 Å². The van der Waals surface area contributed by atoms with E-state index in [1.54, 1.807) is 0 Å². The van der Waals surface area contributed by atoms with Crippen LogP contribution in [-0.4, -0.2) is 41.1 Å². The van der Waals surface area contributed by atoms with Gasteiger partial charge in [0.25, 0.3) is 0 Å². The molecule has 1 amide bonds. The summed E-state index contributed by atoms with van der Waals surface area (Å²) in [4.78, 5) is 13.8. The van der Waals surface area contributed by atoms with Crippen LogP contribution in [0.25, 0.3) is 0 Å². The Hall–Kier alpha value is -0.220. The Kier molecular flexibility index (Phi) is 1.65. The third kappa shape index (κ3) is 1.12. The Morgan fingerprint density at radius 3 is 2.69 bits per heavy atom. The van der Waals surface area contributed by atoms with Crippen LogP contribution in [0.1, 0.15) is 12.8 Å². The summed E-state index contributed by atoms with van der Waals surface area (Å²) in [5.74, 6) is 1.64. The second kappa shape index (κ2) is 2.64. The summed E-state index contributed by atoms with van der Waals surface area (Å²) < 4.78 is 0. The quantitative estimate of drug-likeness (QED) is 0.606. The molecule has 0 aromatic carbocycles.